The molecule has 138 valence electrons. The van der Waals surface area contributed by atoms with Gasteiger partial charge in [-0.25, -0.2) is 0 Å². The molecule has 1 heterocycles. The van der Waals surface area contributed by atoms with Gasteiger partial charge < -0.3 is 19.2 Å². The van der Waals surface area contributed by atoms with E-state index in [4.69, 9.17) is 14.1 Å². The number of benzene rings is 2. The van der Waals surface area contributed by atoms with Crippen LogP contribution in [0.1, 0.15) is 37.7 Å². The maximum absolute atomic E-state index is 9.61. The van der Waals surface area contributed by atoms with Crippen molar-refractivity contribution < 1.29 is 19.2 Å². The fourth-order valence-corrected chi connectivity index (χ4v) is 3.31. The van der Waals surface area contributed by atoms with Crippen LogP contribution >= 0.6 is 0 Å². The lowest BCUT2D eigenvalue weighted by atomic mass is 9.79. The normalized spacial score (nSPS) is 16.7. The van der Waals surface area contributed by atoms with Gasteiger partial charge in [0.1, 0.15) is 0 Å². The molecule has 0 bridgehead atoms. The van der Waals surface area contributed by atoms with Crippen LogP contribution in [0.5, 0.6) is 11.5 Å². The first-order chi connectivity index (χ1) is 12.7. The van der Waals surface area contributed by atoms with Gasteiger partial charge in [0.15, 0.2) is 11.5 Å². The largest absolute Gasteiger partial charge is 0.493 e. The van der Waals surface area contributed by atoms with Crippen LogP contribution in [-0.2, 0) is 4.65 Å². The molecule has 1 atom stereocenters. The van der Waals surface area contributed by atoms with E-state index in [1.165, 1.54) is 18.4 Å². The molecule has 2 aromatic carbocycles. The maximum Gasteiger partial charge on any atom is 0.454 e. The Labute approximate surface area is 156 Å². The summed E-state index contributed by atoms with van der Waals surface area (Å²) in [6.07, 6.45) is 4.04. The second-order valence-electron chi connectivity index (χ2n) is 6.77. The smallest absolute Gasteiger partial charge is 0.454 e. The molecule has 0 amide bonds. The summed E-state index contributed by atoms with van der Waals surface area (Å²) in [4.78, 5) is 0. The van der Waals surface area contributed by atoms with E-state index in [9.17, 15) is 5.02 Å². The van der Waals surface area contributed by atoms with Crippen molar-refractivity contribution in [3.63, 3.8) is 0 Å². The standard InChI is InChI=1S/C21H27BO4/c1-3-4-5-11-25-21-13-18(9-10-20(21)24-2)16-7-6-8-17(12-16)19-14-22(23)26-15-19/h6-10,12-13,19,23H,3-5,11,14-15H2,1-2H3/t19-/m0/s1. The number of rotatable bonds is 8. The summed E-state index contributed by atoms with van der Waals surface area (Å²) in [5.41, 5.74) is 3.42. The molecule has 5 heteroatoms. The molecule has 1 fully saturated rings. The van der Waals surface area contributed by atoms with Crippen LogP contribution in [0.4, 0.5) is 0 Å². The van der Waals surface area contributed by atoms with E-state index in [1.54, 1.807) is 7.11 Å². The molecule has 0 aliphatic carbocycles. The molecule has 4 nitrogen and oxygen atoms in total. The molecule has 0 radical (unpaired) electrons. The summed E-state index contributed by atoms with van der Waals surface area (Å²) >= 11 is 0. The van der Waals surface area contributed by atoms with Crippen molar-refractivity contribution in [3.8, 4) is 22.6 Å². The lowest BCUT2D eigenvalue weighted by molar-refractivity contribution is 0.286. The van der Waals surface area contributed by atoms with E-state index in [0.717, 1.165) is 29.0 Å². The van der Waals surface area contributed by atoms with Crippen molar-refractivity contribution >= 4 is 7.12 Å². The van der Waals surface area contributed by atoms with Crippen molar-refractivity contribution in [1.29, 1.82) is 0 Å². The first-order valence-electron chi connectivity index (χ1n) is 9.42. The van der Waals surface area contributed by atoms with Crippen LogP contribution in [0.15, 0.2) is 42.5 Å². The highest BCUT2D eigenvalue weighted by atomic mass is 16.5. The molecule has 1 saturated heterocycles. The predicted octanol–water partition coefficient (Wildman–Crippen LogP) is 4.53. The Kier molecular flexibility index (Phi) is 6.59. The minimum Gasteiger partial charge on any atom is -0.493 e. The summed E-state index contributed by atoms with van der Waals surface area (Å²) < 4.78 is 16.7. The molecule has 0 unspecified atom stereocenters. The number of hydrogen-bond acceptors (Lipinski definition) is 4. The zero-order valence-corrected chi connectivity index (χ0v) is 15.6. The van der Waals surface area contributed by atoms with Gasteiger partial charge in [-0.3, -0.25) is 0 Å². The molecule has 26 heavy (non-hydrogen) atoms. The molecule has 0 saturated carbocycles. The third-order valence-electron chi connectivity index (χ3n) is 4.84. The highest BCUT2D eigenvalue weighted by Crippen LogP contribution is 2.35. The fourth-order valence-electron chi connectivity index (χ4n) is 3.31. The van der Waals surface area contributed by atoms with Crippen LogP contribution in [0.25, 0.3) is 11.1 Å². The second kappa shape index (κ2) is 9.10. The van der Waals surface area contributed by atoms with Crippen molar-refractivity contribution in [1.82, 2.24) is 0 Å². The van der Waals surface area contributed by atoms with Gasteiger partial charge in [-0.15, -0.1) is 0 Å². The average molecular weight is 354 g/mol. The number of hydrogen-bond donors (Lipinski definition) is 1. The summed E-state index contributed by atoms with van der Waals surface area (Å²) in [5, 5.41) is 9.61. The highest BCUT2D eigenvalue weighted by Gasteiger charge is 2.29. The Morgan fingerprint density at radius 3 is 2.69 bits per heavy atom. The molecule has 1 N–H and O–H groups in total. The summed E-state index contributed by atoms with van der Waals surface area (Å²) in [6, 6.07) is 14.5. The van der Waals surface area contributed by atoms with Crippen molar-refractivity contribution in [2.75, 3.05) is 20.3 Å². The fraction of sp³-hybridized carbons (Fsp3) is 0.429. The van der Waals surface area contributed by atoms with Crippen molar-refractivity contribution in [2.24, 2.45) is 0 Å². The molecule has 3 rings (SSSR count). The molecule has 0 spiro atoms. The molecular formula is C21H27BO4. The van der Waals surface area contributed by atoms with Crippen LogP contribution in [0.2, 0.25) is 6.32 Å². The predicted molar refractivity (Wildman–Crippen MR) is 105 cm³/mol. The monoisotopic (exact) mass is 354 g/mol. The van der Waals surface area contributed by atoms with E-state index >= 15 is 0 Å². The van der Waals surface area contributed by atoms with E-state index in [-0.39, 0.29) is 5.92 Å². The zero-order valence-electron chi connectivity index (χ0n) is 15.6. The Morgan fingerprint density at radius 2 is 1.96 bits per heavy atom. The first kappa shape index (κ1) is 18.8. The lowest BCUT2D eigenvalue weighted by Crippen LogP contribution is -2.07. The van der Waals surface area contributed by atoms with E-state index in [2.05, 4.69) is 37.3 Å². The minimum atomic E-state index is -0.646. The Morgan fingerprint density at radius 1 is 1.12 bits per heavy atom. The lowest BCUT2D eigenvalue weighted by Gasteiger charge is -2.14. The van der Waals surface area contributed by atoms with Crippen LogP contribution in [0.3, 0.4) is 0 Å². The molecule has 2 aromatic rings. The summed E-state index contributed by atoms with van der Waals surface area (Å²) in [7, 11) is 1.02. The van der Waals surface area contributed by atoms with Gasteiger partial charge in [0, 0.05) is 12.5 Å². The molecule has 0 aromatic heterocycles. The van der Waals surface area contributed by atoms with E-state index in [0.29, 0.717) is 19.5 Å². The van der Waals surface area contributed by atoms with Gasteiger partial charge in [0.25, 0.3) is 0 Å². The van der Waals surface area contributed by atoms with Gasteiger partial charge in [0.2, 0.25) is 0 Å². The summed E-state index contributed by atoms with van der Waals surface area (Å²) in [6.45, 7) is 3.45. The highest BCUT2D eigenvalue weighted by molar-refractivity contribution is 6.43. The SMILES string of the molecule is CCCCCOc1cc(-c2cccc([C@@H]3COB(O)C3)c2)ccc1OC. The zero-order chi connectivity index (χ0) is 18.4. The Balaban J connectivity index is 1.80. The first-order valence-corrected chi connectivity index (χ1v) is 9.42. The second-order valence-corrected chi connectivity index (χ2v) is 6.77. The maximum atomic E-state index is 9.61. The summed E-state index contributed by atoms with van der Waals surface area (Å²) in [5.74, 6) is 1.79. The Bertz CT molecular complexity index is 719. The topological polar surface area (TPSA) is 47.9 Å². The van der Waals surface area contributed by atoms with Crippen LogP contribution in [0, 0.1) is 0 Å². The van der Waals surface area contributed by atoms with E-state index < -0.39 is 7.12 Å². The molecule has 1 aliphatic rings. The number of methoxy groups -OCH3 is 1. The van der Waals surface area contributed by atoms with Crippen LogP contribution in [-0.4, -0.2) is 32.5 Å². The third-order valence-corrected chi connectivity index (χ3v) is 4.84. The van der Waals surface area contributed by atoms with Crippen LogP contribution < -0.4 is 9.47 Å². The van der Waals surface area contributed by atoms with Gasteiger partial charge >= 0.3 is 7.12 Å². The number of ether oxygens (including phenoxy) is 2. The van der Waals surface area contributed by atoms with E-state index in [1.807, 2.05) is 12.1 Å². The average Bonchev–Trinajstić information content (AvgIpc) is 3.11. The molecular weight excluding hydrogens is 327 g/mol. The third kappa shape index (κ3) is 4.60. The number of unbranched alkanes of at least 4 members (excludes halogenated alkanes) is 2. The van der Waals surface area contributed by atoms with Gasteiger partial charge in [0.05, 0.1) is 13.7 Å². The van der Waals surface area contributed by atoms with Crippen molar-refractivity contribution in [3.05, 3.63) is 48.0 Å². The van der Waals surface area contributed by atoms with Gasteiger partial charge in [-0.1, -0.05) is 50.1 Å². The van der Waals surface area contributed by atoms with Crippen molar-refractivity contribution in [2.45, 2.75) is 38.4 Å². The minimum absolute atomic E-state index is 0.243. The molecule has 1 aliphatic heterocycles. The van der Waals surface area contributed by atoms with Gasteiger partial charge in [-0.2, -0.15) is 0 Å². The Hall–Kier alpha value is -1.98. The quantitative estimate of drug-likeness (QED) is 0.559. The van der Waals surface area contributed by atoms with Gasteiger partial charge in [-0.05, 0) is 41.6 Å².